The average Bonchev–Trinajstić information content (AvgIpc) is 2.66. The molecule has 0 amide bonds. The maximum Gasteiger partial charge on any atom is 0.150 e. The van der Waals surface area contributed by atoms with Crippen molar-refractivity contribution in [2.75, 3.05) is 0 Å². The largest absolute Gasteiger partial charge is 0.298 e. The number of benzene rings is 3. The minimum absolute atomic E-state index is 0.0255. The molecule has 2 heteroatoms. The first-order valence-electron chi connectivity index (χ1n) is 8.10. The van der Waals surface area contributed by atoms with Crippen molar-refractivity contribution in [1.82, 2.24) is 0 Å². The van der Waals surface area contributed by atoms with Gasteiger partial charge < -0.3 is 0 Å². The zero-order valence-electron chi connectivity index (χ0n) is 12.9. The lowest BCUT2D eigenvalue weighted by Gasteiger charge is -2.43. The third-order valence-corrected chi connectivity index (χ3v) is 5.42. The van der Waals surface area contributed by atoms with Crippen LogP contribution in [0.25, 0.3) is 0 Å². The molecule has 3 aliphatic carbocycles. The van der Waals surface area contributed by atoms with E-state index < -0.39 is 0 Å². The smallest absolute Gasteiger partial charge is 0.150 e. The van der Waals surface area contributed by atoms with Gasteiger partial charge in [-0.05, 0) is 33.4 Å². The second-order valence-electron chi connectivity index (χ2n) is 6.43. The SMILES string of the molecule is O=Cc1cccc2c1[C@H]1c3ccccc3[C@@H]2c2c(C=O)cccc21. The highest BCUT2D eigenvalue weighted by atomic mass is 16.1. The quantitative estimate of drug-likeness (QED) is 0.456. The number of hydrogen-bond donors (Lipinski definition) is 0. The standard InChI is InChI=1S/C22H14O2/c23-11-13-5-4-10-18-19(13)21-15-7-1-2-8-16(15)22(18)20-14(12-24)6-3-9-17(20)21/h1-12,21-22H/t21-,22-/m0/s1. The fourth-order valence-electron chi connectivity index (χ4n) is 4.57. The summed E-state index contributed by atoms with van der Waals surface area (Å²) < 4.78 is 0. The summed E-state index contributed by atoms with van der Waals surface area (Å²) in [6.07, 6.45) is 1.90. The lowest BCUT2D eigenvalue weighted by Crippen LogP contribution is -2.29. The van der Waals surface area contributed by atoms with Crippen molar-refractivity contribution in [3.63, 3.8) is 0 Å². The van der Waals surface area contributed by atoms with Crippen LogP contribution in [0.1, 0.15) is 65.9 Å². The fraction of sp³-hybridized carbons (Fsp3) is 0.0909. The molecule has 3 aliphatic rings. The van der Waals surface area contributed by atoms with Gasteiger partial charge >= 0.3 is 0 Å². The molecule has 2 nitrogen and oxygen atoms in total. The molecule has 0 heterocycles. The van der Waals surface area contributed by atoms with Gasteiger partial charge in [0.25, 0.3) is 0 Å². The van der Waals surface area contributed by atoms with Crippen LogP contribution in [0, 0.1) is 0 Å². The lowest BCUT2D eigenvalue weighted by atomic mass is 9.59. The first-order valence-corrected chi connectivity index (χ1v) is 8.10. The van der Waals surface area contributed by atoms with Crippen molar-refractivity contribution < 1.29 is 9.59 Å². The van der Waals surface area contributed by atoms with Gasteiger partial charge in [-0.25, -0.2) is 0 Å². The number of carbonyl (C=O) groups excluding carboxylic acids is 2. The molecule has 2 atom stereocenters. The first-order chi connectivity index (χ1) is 11.8. The summed E-state index contributed by atoms with van der Waals surface area (Å²) in [5, 5.41) is 0. The van der Waals surface area contributed by atoms with Gasteiger partial charge in [0.15, 0.2) is 0 Å². The molecule has 24 heavy (non-hydrogen) atoms. The van der Waals surface area contributed by atoms with E-state index in [0.29, 0.717) is 0 Å². The van der Waals surface area contributed by atoms with E-state index in [9.17, 15) is 9.59 Å². The minimum atomic E-state index is 0.0255. The fourth-order valence-corrected chi connectivity index (χ4v) is 4.57. The lowest BCUT2D eigenvalue weighted by molar-refractivity contribution is 0.111. The zero-order chi connectivity index (χ0) is 16.3. The molecule has 0 saturated heterocycles. The molecule has 0 aromatic heterocycles. The second kappa shape index (κ2) is 4.75. The van der Waals surface area contributed by atoms with Crippen molar-refractivity contribution in [3.8, 4) is 0 Å². The molecule has 0 aliphatic heterocycles. The average molecular weight is 310 g/mol. The molecular formula is C22H14O2. The summed E-state index contributed by atoms with van der Waals surface area (Å²) >= 11 is 0. The maximum atomic E-state index is 11.6. The molecular weight excluding hydrogens is 296 g/mol. The van der Waals surface area contributed by atoms with Crippen LogP contribution in [0.4, 0.5) is 0 Å². The van der Waals surface area contributed by atoms with Gasteiger partial charge in [0.1, 0.15) is 12.6 Å². The van der Waals surface area contributed by atoms with Crippen LogP contribution in [-0.2, 0) is 0 Å². The summed E-state index contributed by atoms with van der Waals surface area (Å²) in [4.78, 5) is 23.3. The molecule has 3 aromatic rings. The van der Waals surface area contributed by atoms with Crippen LogP contribution >= 0.6 is 0 Å². The third-order valence-electron chi connectivity index (χ3n) is 5.42. The van der Waals surface area contributed by atoms with E-state index in [1.54, 1.807) is 0 Å². The van der Waals surface area contributed by atoms with Gasteiger partial charge in [0.05, 0.1) is 0 Å². The predicted molar refractivity (Wildman–Crippen MR) is 92.0 cm³/mol. The van der Waals surface area contributed by atoms with E-state index in [1.807, 2.05) is 36.4 Å². The number of carbonyl (C=O) groups is 2. The highest BCUT2D eigenvalue weighted by Gasteiger charge is 2.43. The molecule has 0 saturated carbocycles. The van der Waals surface area contributed by atoms with Crippen molar-refractivity contribution in [1.29, 1.82) is 0 Å². The van der Waals surface area contributed by atoms with E-state index in [2.05, 4.69) is 24.3 Å². The normalized spacial score (nSPS) is 19.2. The van der Waals surface area contributed by atoms with Crippen molar-refractivity contribution in [2.24, 2.45) is 0 Å². The van der Waals surface area contributed by atoms with E-state index in [-0.39, 0.29) is 11.8 Å². The summed E-state index contributed by atoms with van der Waals surface area (Å²) in [5.41, 5.74) is 8.52. The van der Waals surface area contributed by atoms with Crippen LogP contribution < -0.4 is 0 Å². The Kier molecular flexibility index (Phi) is 2.66. The highest BCUT2D eigenvalue weighted by Crippen LogP contribution is 2.56. The molecule has 6 rings (SSSR count). The van der Waals surface area contributed by atoms with Crippen LogP contribution in [0.5, 0.6) is 0 Å². The molecule has 0 radical (unpaired) electrons. The molecule has 0 spiro atoms. The zero-order valence-corrected chi connectivity index (χ0v) is 12.9. The topological polar surface area (TPSA) is 34.1 Å². The van der Waals surface area contributed by atoms with Crippen molar-refractivity contribution >= 4 is 12.6 Å². The van der Waals surface area contributed by atoms with E-state index in [1.165, 1.54) is 11.1 Å². The maximum absolute atomic E-state index is 11.6. The van der Waals surface area contributed by atoms with Gasteiger partial charge in [-0.3, -0.25) is 9.59 Å². The Labute approximate surface area is 139 Å². The number of rotatable bonds is 2. The van der Waals surface area contributed by atoms with Gasteiger partial charge in [-0.15, -0.1) is 0 Å². The van der Waals surface area contributed by atoms with Gasteiger partial charge in [-0.2, -0.15) is 0 Å². The summed E-state index contributed by atoms with van der Waals surface area (Å²) in [6, 6.07) is 20.2. The molecule has 2 bridgehead atoms. The molecule has 3 aromatic carbocycles. The number of hydrogen-bond acceptors (Lipinski definition) is 2. The Bertz CT molecular complexity index is 934. The Hall–Kier alpha value is -3.00. The van der Waals surface area contributed by atoms with Gasteiger partial charge in [0, 0.05) is 23.0 Å². The van der Waals surface area contributed by atoms with E-state index in [0.717, 1.165) is 46.0 Å². The third kappa shape index (κ3) is 1.50. The molecule has 0 N–H and O–H groups in total. The second-order valence-corrected chi connectivity index (χ2v) is 6.43. The molecule has 0 fully saturated rings. The van der Waals surface area contributed by atoms with Crippen molar-refractivity contribution in [2.45, 2.75) is 11.8 Å². The van der Waals surface area contributed by atoms with Crippen LogP contribution in [0.3, 0.4) is 0 Å². The summed E-state index contributed by atoms with van der Waals surface area (Å²) in [6.45, 7) is 0. The molecule has 114 valence electrons. The monoisotopic (exact) mass is 310 g/mol. The molecule has 0 unspecified atom stereocenters. The van der Waals surface area contributed by atoms with E-state index in [4.69, 9.17) is 0 Å². The minimum Gasteiger partial charge on any atom is -0.298 e. The van der Waals surface area contributed by atoms with Gasteiger partial charge in [-0.1, -0.05) is 60.7 Å². The Morgan fingerprint density at radius 2 is 0.958 bits per heavy atom. The highest BCUT2D eigenvalue weighted by molar-refractivity contribution is 5.86. The number of aldehydes is 2. The predicted octanol–water partition coefficient (Wildman–Crippen LogP) is 4.30. The van der Waals surface area contributed by atoms with Crippen LogP contribution in [0.2, 0.25) is 0 Å². The Balaban J connectivity index is 1.95. The summed E-state index contributed by atoms with van der Waals surface area (Å²) in [5.74, 6) is 0.0509. The Morgan fingerprint density at radius 1 is 0.542 bits per heavy atom. The van der Waals surface area contributed by atoms with Crippen LogP contribution in [0.15, 0.2) is 60.7 Å². The summed E-state index contributed by atoms with van der Waals surface area (Å²) in [7, 11) is 0. The Morgan fingerprint density at radius 3 is 1.38 bits per heavy atom. The van der Waals surface area contributed by atoms with E-state index >= 15 is 0 Å². The van der Waals surface area contributed by atoms with Crippen LogP contribution in [-0.4, -0.2) is 12.6 Å². The van der Waals surface area contributed by atoms with Gasteiger partial charge in [0.2, 0.25) is 0 Å². The first kappa shape index (κ1) is 13.4. The van der Waals surface area contributed by atoms with Crippen molar-refractivity contribution in [3.05, 3.63) is 105 Å².